The van der Waals surface area contributed by atoms with E-state index in [9.17, 15) is 0 Å². The summed E-state index contributed by atoms with van der Waals surface area (Å²) in [6, 6.07) is 0.453. The van der Waals surface area contributed by atoms with Gasteiger partial charge in [0, 0.05) is 6.04 Å². The molecule has 0 saturated heterocycles. The van der Waals surface area contributed by atoms with E-state index in [2.05, 4.69) is 19.2 Å². The predicted octanol–water partition coefficient (Wildman–Crippen LogP) is 2.17. The standard InChI is InChI=1S/C10H21N2/c1-8(2)12-10(11)9-6-4-3-5-7-9/h8-12H,3-7H2,1-2H3. The van der Waals surface area contributed by atoms with Gasteiger partial charge < -0.3 is 0 Å². The molecule has 0 spiro atoms. The Kier molecular flexibility index (Phi) is 4.02. The lowest BCUT2D eigenvalue weighted by Gasteiger charge is -2.28. The van der Waals surface area contributed by atoms with Gasteiger partial charge in [-0.1, -0.05) is 19.3 Å². The van der Waals surface area contributed by atoms with Gasteiger partial charge in [-0.05, 0) is 32.6 Å². The van der Waals surface area contributed by atoms with Gasteiger partial charge in [0.15, 0.2) is 0 Å². The summed E-state index contributed by atoms with van der Waals surface area (Å²) in [4.78, 5) is 0. The zero-order valence-corrected chi connectivity index (χ0v) is 8.27. The molecule has 0 heterocycles. The van der Waals surface area contributed by atoms with Crippen molar-refractivity contribution in [3.63, 3.8) is 0 Å². The van der Waals surface area contributed by atoms with E-state index >= 15 is 0 Å². The van der Waals surface area contributed by atoms with Crippen molar-refractivity contribution >= 4 is 0 Å². The van der Waals surface area contributed by atoms with Gasteiger partial charge in [0.05, 0.1) is 6.17 Å². The highest BCUT2D eigenvalue weighted by molar-refractivity contribution is 4.75. The third-order valence-electron chi connectivity index (χ3n) is 2.63. The molecule has 0 aromatic carbocycles. The molecular formula is C10H21N2. The molecule has 0 aromatic rings. The summed E-state index contributed by atoms with van der Waals surface area (Å²) in [6.45, 7) is 4.23. The monoisotopic (exact) mass is 169 g/mol. The third-order valence-corrected chi connectivity index (χ3v) is 2.63. The maximum Gasteiger partial charge on any atom is 0.0735 e. The molecule has 1 fully saturated rings. The number of hydrogen-bond donors (Lipinski definition) is 1. The Hall–Kier alpha value is -0.0800. The van der Waals surface area contributed by atoms with Crippen molar-refractivity contribution in [1.29, 1.82) is 0 Å². The molecule has 1 atom stereocenters. The molecule has 0 bridgehead atoms. The minimum Gasteiger partial charge on any atom is -0.298 e. The van der Waals surface area contributed by atoms with Gasteiger partial charge in [0.25, 0.3) is 0 Å². The second-order valence-corrected chi connectivity index (χ2v) is 4.20. The Bertz CT molecular complexity index is 117. The molecule has 1 aliphatic rings. The van der Waals surface area contributed by atoms with Crippen molar-refractivity contribution in [3.05, 3.63) is 0 Å². The van der Waals surface area contributed by atoms with Crippen molar-refractivity contribution in [2.24, 2.45) is 5.92 Å². The molecule has 0 aromatic heterocycles. The summed E-state index contributed by atoms with van der Waals surface area (Å²) in [5.41, 5.74) is 7.89. The summed E-state index contributed by atoms with van der Waals surface area (Å²) in [7, 11) is 0. The zero-order valence-electron chi connectivity index (χ0n) is 8.27. The summed E-state index contributed by atoms with van der Waals surface area (Å²) < 4.78 is 0. The Balaban J connectivity index is 2.24. The fraction of sp³-hybridized carbons (Fsp3) is 1.00. The number of nitrogens with one attached hydrogen (secondary N) is 2. The number of hydrogen-bond acceptors (Lipinski definition) is 1. The van der Waals surface area contributed by atoms with Crippen molar-refractivity contribution in [3.8, 4) is 0 Å². The highest BCUT2D eigenvalue weighted by Gasteiger charge is 2.20. The van der Waals surface area contributed by atoms with Crippen molar-refractivity contribution < 1.29 is 0 Å². The first-order valence-electron chi connectivity index (χ1n) is 5.17. The van der Waals surface area contributed by atoms with Gasteiger partial charge in [-0.3, -0.25) is 5.32 Å². The van der Waals surface area contributed by atoms with Crippen LogP contribution in [0.15, 0.2) is 0 Å². The molecule has 2 heteroatoms. The lowest BCUT2D eigenvalue weighted by Crippen LogP contribution is -2.42. The van der Waals surface area contributed by atoms with E-state index in [-0.39, 0.29) is 6.17 Å². The molecule has 12 heavy (non-hydrogen) atoms. The first-order valence-corrected chi connectivity index (χ1v) is 5.17. The molecular weight excluding hydrogens is 148 g/mol. The lowest BCUT2D eigenvalue weighted by atomic mass is 9.87. The van der Waals surface area contributed by atoms with E-state index in [0.717, 1.165) is 0 Å². The summed E-state index contributed by atoms with van der Waals surface area (Å²) in [5.74, 6) is 0.612. The second kappa shape index (κ2) is 4.83. The Morgan fingerprint density at radius 3 is 2.25 bits per heavy atom. The molecule has 1 rings (SSSR count). The van der Waals surface area contributed by atoms with Crippen LogP contribution in [0.4, 0.5) is 0 Å². The molecule has 1 radical (unpaired) electrons. The normalized spacial score (nSPS) is 23.0. The maximum absolute atomic E-state index is 7.89. The van der Waals surface area contributed by atoms with E-state index in [0.29, 0.717) is 12.0 Å². The average molecular weight is 169 g/mol. The second-order valence-electron chi connectivity index (χ2n) is 4.20. The Morgan fingerprint density at radius 1 is 1.17 bits per heavy atom. The molecule has 0 amide bonds. The minimum absolute atomic E-state index is 0.0229. The van der Waals surface area contributed by atoms with Gasteiger partial charge >= 0.3 is 0 Å². The van der Waals surface area contributed by atoms with Crippen LogP contribution in [0.3, 0.4) is 0 Å². The van der Waals surface area contributed by atoms with Crippen LogP contribution >= 0.6 is 0 Å². The highest BCUT2D eigenvalue weighted by Crippen LogP contribution is 2.25. The lowest BCUT2D eigenvalue weighted by molar-refractivity contribution is 0.256. The summed E-state index contributed by atoms with van der Waals surface area (Å²) in [6.07, 6.45) is 6.54. The van der Waals surface area contributed by atoms with Crippen LogP contribution in [0.5, 0.6) is 0 Å². The molecule has 2 N–H and O–H groups in total. The van der Waals surface area contributed by atoms with Gasteiger partial charge in [-0.2, -0.15) is 0 Å². The Morgan fingerprint density at radius 2 is 1.75 bits per heavy atom. The van der Waals surface area contributed by atoms with Gasteiger partial charge in [0.1, 0.15) is 0 Å². The first kappa shape index (κ1) is 10.0. The summed E-state index contributed by atoms with van der Waals surface area (Å²) in [5, 5.41) is 3.28. The van der Waals surface area contributed by atoms with Gasteiger partial charge in [-0.15, -0.1) is 0 Å². The molecule has 1 saturated carbocycles. The molecule has 71 valence electrons. The number of rotatable bonds is 3. The predicted molar refractivity (Wildman–Crippen MR) is 51.7 cm³/mol. The Labute approximate surface area is 75.9 Å². The topological polar surface area (TPSA) is 35.8 Å². The van der Waals surface area contributed by atoms with E-state index in [1.54, 1.807) is 0 Å². The van der Waals surface area contributed by atoms with Crippen LogP contribution in [-0.4, -0.2) is 12.2 Å². The molecule has 2 nitrogen and oxygen atoms in total. The van der Waals surface area contributed by atoms with E-state index in [1.807, 2.05) is 0 Å². The van der Waals surface area contributed by atoms with E-state index in [4.69, 9.17) is 5.73 Å². The zero-order chi connectivity index (χ0) is 8.97. The fourth-order valence-corrected chi connectivity index (χ4v) is 1.96. The van der Waals surface area contributed by atoms with Crippen LogP contribution in [0.25, 0.3) is 0 Å². The minimum atomic E-state index is -0.0229. The summed E-state index contributed by atoms with van der Waals surface area (Å²) >= 11 is 0. The maximum atomic E-state index is 7.89. The molecule has 1 aliphatic carbocycles. The van der Waals surface area contributed by atoms with Crippen LogP contribution < -0.4 is 11.1 Å². The average Bonchev–Trinajstić information content (AvgIpc) is 2.05. The van der Waals surface area contributed by atoms with Gasteiger partial charge in [0.2, 0.25) is 0 Å². The third kappa shape index (κ3) is 3.11. The molecule has 0 aliphatic heterocycles. The van der Waals surface area contributed by atoms with Crippen LogP contribution in [0.2, 0.25) is 0 Å². The molecule has 1 unspecified atom stereocenters. The smallest absolute Gasteiger partial charge is 0.0735 e. The van der Waals surface area contributed by atoms with Gasteiger partial charge in [-0.25, -0.2) is 5.73 Å². The fourth-order valence-electron chi connectivity index (χ4n) is 1.96. The largest absolute Gasteiger partial charge is 0.298 e. The first-order chi connectivity index (χ1) is 5.70. The van der Waals surface area contributed by atoms with Crippen molar-refractivity contribution in [1.82, 2.24) is 11.1 Å². The van der Waals surface area contributed by atoms with Crippen molar-refractivity contribution in [2.45, 2.75) is 58.2 Å². The SMILES string of the molecule is CC(C)NC([NH])C1CCCCC1. The quantitative estimate of drug-likeness (QED) is 0.690. The van der Waals surface area contributed by atoms with E-state index in [1.165, 1.54) is 32.1 Å². The highest BCUT2D eigenvalue weighted by atomic mass is 15.0. The van der Waals surface area contributed by atoms with Crippen molar-refractivity contribution in [2.75, 3.05) is 0 Å². The van der Waals surface area contributed by atoms with Crippen LogP contribution in [0.1, 0.15) is 46.0 Å². The van der Waals surface area contributed by atoms with Crippen LogP contribution in [-0.2, 0) is 0 Å². The van der Waals surface area contributed by atoms with Crippen LogP contribution in [0, 0.1) is 5.92 Å². The van der Waals surface area contributed by atoms with E-state index < -0.39 is 0 Å².